The molecule has 1 fully saturated rings. The molecule has 0 radical (unpaired) electrons. The van der Waals surface area contributed by atoms with Crippen LogP contribution in [-0.4, -0.2) is 23.4 Å². The van der Waals surface area contributed by atoms with E-state index in [-0.39, 0.29) is 5.92 Å². The van der Waals surface area contributed by atoms with Crippen molar-refractivity contribution in [2.45, 2.75) is 52.5 Å². The number of hydrogen-bond donors (Lipinski definition) is 0. The summed E-state index contributed by atoms with van der Waals surface area (Å²) in [6, 6.07) is 0.468. The lowest BCUT2D eigenvalue weighted by Gasteiger charge is -2.36. The van der Waals surface area contributed by atoms with Crippen molar-refractivity contribution in [2.75, 3.05) is 6.54 Å². The van der Waals surface area contributed by atoms with E-state index >= 15 is 0 Å². The van der Waals surface area contributed by atoms with Crippen molar-refractivity contribution < 1.29 is 4.79 Å². The highest BCUT2D eigenvalue weighted by Crippen LogP contribution is 2.22. The minimum absolute atomic E-state index is 0.257. The van der Waals surface area contributed by atoms with E-state index in [1.54, 1.807) is 0 Å². The zero-order valence-corrected chi connectivity index (χ0v) is 9.05. The van der Waals surface area contributed by atoms with Gasteiger partial charge in [0.05, 0.1) is 0 Å². The summed E-state index contributed by atoms with van der Waals surface area (Å²) in [4.78, 5) is 13.8. The molecular formula is C11H21NO. The van der Waals surface area contributed by atoms with Crippen LogP contribution in [0.15, 0.2) is 0 Å². The van der Waals surface area contributed by atoms with Gasteiger partial charge in [-0.3, -0.25) is 4.79 Å². The Labute approximate surface area is 81.3 Å². The molecule has 2 atom stereocenters. The van der Waals surface area contributed by atoms with Gasteiger partial charge in [-0.2, -0.15) is 0 Å². The number of rotatable bonds is 3. The van der Waals surface area contributed by atoms with Crippen LogP contribution in [0.2, 0.25) is 0 Å². The largest absolute Gasteiger partial charge is 0.340 e. The number of piperidine rings is 1. The highest BCUT2D eigenvalue weighted by molar-refractivity contribution is 5.79. The van der Waals surface area contributed by atoms with E-state index in [2.05, 4.69) is 18.7 Å². The highest BCUT2D eigenvalue weighted by atomic mass is 16.2. The van der Waals surface area contributed by atoms with Crippen LogP contribution in [0, 0.1) is 5.92 Å². The molecule has 76 valence electrons. The zero-order valence-electron chi connectivity index (χ0n) is 9.05. The molecule has 0 saturated carbocycles. The minimum Gasteiger partial charge on any atom is -0.340 e. The van der Waals surface area contributed by atoms with Crippen LogP contribution < -0.4 is 0 Å². The molecule has 0 spiro atoms. The van der Waals surface area contributed by atoms with Gasteiger partial charge in [0.1, 0.15) is 0 Å². The Hall–Kier alpha value is -0.530. The van der Waals surface area contributed by atoms with E-state index < -0.39 is 0 Å². The van der Waals surface area contributed by atoms with Gasteiger partial charge in [-0.25, -0.2) is 0 Å². The lowest BCUT2D eigenvalue weighted by Crippen LogP contribution is -2.46. The molecule has 2 nitrogen and oxygen atoms in total. The molecule has 1 saturated heterocycles. The van der Waals surface area contributed by atoms with Crippen LogP contribution >= 0.6 is 0 Å². The summed E-state index contributed by atoms with van der Waals surface area (Å²) in [5, 5.41) is 0. The minimum atomic E-state index is 0.257. The first-order valence-electron chi connectivity index (χ1n) is 5.47. The standard InChI is InChI=1S/C11H21NO/c1-4-5-8-12-10(3)7-6-9(2)11(12)13/h9-10H,4-8H2,1-3H3. The van der Waals surface area contributed by atoms with Crippen LogP contribution in [-0.2, 0) is 4.79 Å². The SMILES string of the molecule is CCCCN1C(=O)C(C)CCC1C. The molecular weight excluding hydrogens is 162 g/mol. The number of carbonyl (C=O) groups excluding carboxylic acids is 1. The first kappa shape index (κ1) is 10.6. The van der Waals surface area contributed by atoms with Gasteiger partial charge in [0.15, 0.2) is 0 Å². The smallest absolute Gasteiger partial charge is 0.225 e. The van der Waals surface area contributed by atoms with Crippen LogP contribution in [0.4, 0.5) is 0 Å². The van der Waals surface area contributed by atoms with Gasteiger partial charge in [-0.15, -0.1) is 0 Å². The van der Waals surface area contributed by atoms with Crippen molar-refractivity contribution in [3.05, 3.63) is 0 Å². The van der Waals surface area contributed by atoms with Crippen molar-refractivity contribution in [3.63, 3.8) is 0 Å². The number of carbonyl (C=O) groups is 1. The summed E-state index contributed by atoms with van der Waals surface area (Å²) in [5.74, 6) is 0.625. The number of unbranched alkanes of at least 4 members (excludes halogenated alkanes) is 1. The van der Waals surface area contributed by atoms with Crippen molar-refractivity contribution in [1.29, 1.82) is 0 Å². The van der Waals surface area contributed by atoms with Gasteiger partial charge in [-0.05, 0) is 26.2 Å². The fourth-order valence-corrected chi connectivity index (χ4v) is 1.93. The summed E-state index contributed by atoms with van der Waals surface area (Å²) < 4.78 is 0. The molecule has 0 aliphatic carbocycles. The first-order valence-corrected chi connectivity index (χ1v) is 5.47. The number of hydrogen-bond acceptors (Lipinski definition) is 1. The number of likely N-dealkylation sites (tertiary alicyclic amines) is 1. The fourth-order valence-electron chi connectivity index (χ4n) is 1.93. The second kappa shape index (κ2) is 4.64. The van der Waals surface area contributed by atoms with Crippen LogP contribution in [0.1, 0.15) is 46.5 Å². The molecule has 0 N–H and O–H groups in total. The van der Waals surface area contributed by atoms with Crippen molar-refractivity contribution in [1.82, 2.24) is 4.90 Å². The third-order valence-electron chi connectivity index (χ3n) is 3.01. The predicted molar refractivity (Wildman–Crippen MR) is 54.5 cm³/mol. The Kier molecular flexibility index (Phi) is 3.76. The van der Waals surface area contributed by atoms with Crippen LogP contribution in [0.5, 0.6) is 0 Å². The summed E-state index contributed by atoms with van der Waals surface area (Å²) in [6.45, 7) is 7.34. The average Bonchev–Trinajstić information content (AvgIpc) is 2.12. The Morgan fingerprint density at radius 2 is 2.08 bits per heavy atom. The highest BCUT2D eigenvalue weighted by Gasteiger charge is 2.29. The summed E-state index contributed by atoms with van der Waals surface area (Å²) in [6.07, 6.45) is 4.56. The van der Waals surface area contributed by atoms with E-state index in [1.165, 1.54) is 12.8 Å². The second-order valence-corrected chi connectivity index (χ2v) is 4.21. The quantitative estimate of drug-likeness (QED) is 0.658. The molecule has 1 aliphatic heterocycles. The Morgan fingerprint density at radius 1 is 1.38 bits per heavy atom. The molecule has 0 bridgehead atoms. The lowest BCUT2D eigenvalue weighted by molar-refractivity contribution is -0.140. The van der Waals surface area contributed by atoms with Crippen LogP contribution in [0.3, 0.4) is 0 Å². The molecule has 13 heavy (non-hydrogen) atoms. The Balaban J connectivity index is 2.51. The first-order chi connectivity index (χ1) is 6.16. The van der Waals surface area contributed by atoms with E-state index in [0.717, 1.165) is 19.4 Å². The van der Waals surface area contributed by atoms with Gasteiger partial charge in [-0.1, -0.05) is 20.3 Å². The summed E-state index contributed by atoms with van der Waals surface area (Å²) >= 11 is 0. The van der Waals surface area contributed by atoms with E-state index in [0.29, 0.717) is 11.9 Å². The van der Waals surface area contributed by atoms with Gasteiger partial charge in [0, 0.05) is 18.5 Å². The number of nitrogens with zero attached hydrogens (tertiary/aromatic N) is 1. The molecule has 1 aliphatic rings. The zero-order chi connectivity index (χ0) is 9.84. The fraction of sp³-hybridized carbons (Fsp3) is 0.909. The third kappa shape index (κ3) is 2.45. The molecule has 1 amide bonds. The van der Waals surface area contributed by atoms with E-state index in [4.69, 9.17) is 0 Å². The Bertz CT molecular complexity index is 179. The Morgan fingerprint density at radius 3 is 2.69 bits per heavy atom. The lowest BCUT2D eigenvalue weighted by atomic mass is 9.94. The normalized spacial score (nSPS) is 29.5. The summed E-state index contributed by atoms with van der Waals surface area (Å²) in [7, 11) is 0. The molecule has 0 aromatic heterocycles. The maximum Gasteiger partial charge on any atom is 0.225 e. The van der Waals surface area contributed by atoms with E-state index in [1.807, 2.05) is 6.92 Å². The van der Waals surface area contributed by atoms with Gasteiger partial charge < -0.3 is 4.90 Å². The summed E-state index contributed by atoms with van der Waals surface area (Å²) in [5.41, 5.74) is 0. The van der Waals surface area contributed by atoms with E-state index in [9.17, 15) is 4.79 Å². The third-order valence-corrected chi connectivity index (χ3v) is 3.01. The maximum absolute atomic E-state index is 11.8. The van der Waals surface area contributed by atoms with Crippen molar-refractivity contribution in [2.24, 2.45) is 5.92 Å². The second-order valence-electron chi connectivity index (χ2n) is 4.21. The van der Waals surface area contributed by atoms with Crippen LogP contribution in [0.25, 0.3) is 0 Å². The van der Waals surface area contributed by atoms with Crippen molar-refractivity contribution in [3.8, 4) is 0 Å². The number of amides is 1. The molecule has 2 unspecified atom stereocenters. The molecule has 2 heteroatoms. The maximum atomic E-state index is 11.8. The molecule has 1 heterocycles. The van der Waals surface area contributed by atoms with Gasteiger partial charge in [0.25, 0.3) is 0 Å². The molecule has 0 aromatic carbocycles. The predicted octanol–water partition coefficient (Wildman–Crippen LogP) is 2.43. The molecule has 0 aromatic rings. The monoisotopic (exact) mass is 183 g/mol. The molecule has 1 rings (SSSR count). The van der Waals surface area contributed by atoms with Gasteiger partial charge >= 0.3 is 0 Å². The van der Waals surface area contributed by atoms with Gasteiger partial charge in [0.2, 0.25) is 5.91 Å². The average molecular weight is 183 g/mol. The van der Waals surface area contributed by atoms with Crippen molar-refractivity contribution >= 4 is 5.91 Å². The topological polar surface area (TPSA) is 20.3 Å².